The Morgan fingerprint density at radius 1 is 1.12 bits per heavy atom. The molecule has 3 fully saturated rings. The predicted octanol–water partition coefficient (Wildman–Crippen LogP) is 2.27. The number of piperidine rings is 2. The van der Waals surface area contributed by atoms with Crippen LogP contribution in [0.4, 0.5) is 0 Å². The second-order valence-electron chi connectivity index (χ2n) is 10.2. The van der Waals surface area contributed by atoms with Crippen LogP contribution in [0.25, 0.3) is 15.8 Å². The number of rotatable bonds is 6. The summed E-state index contributed by atoms with van der Waals surface area (Å²) in [6, 6.07) is 8.57. The maximum absolute atomic E-state index is 11.3. The van der Waals surface area contributed by atoms with E-state index in [0.717, 1.165) is 52.0 Å². The molecule has 1 saturated carbocycles. The van der Waals surface area contributed by atoms with Gasteiger partial charge in [0.15, 0.2) is 0 Å². The molecular weight excluding hydrogens is 432 g/mol. The molecule has 1 aromatic carbocycles. The van der Waals surface area contributed by atoms with Gasteiger partial charge in [0.1, 0.15) is 17.1 Å². The number of benzene rings is 1. The minimum Gasteiger partial charge on any atom is -0.374 e. The molecule has 5 N–H and O–H groups in total. The highest BCUT2D eigenvalue weighted by atomic mass is 32.1. The second-order valence-corrected chi connectivity index (χ2v) is 11.3. The number of hydrogen-bond donors (Lipinski definition) is 5. The van der Waals surface area contributed by atoms with Crippen molar-refractivity contribution < 1.29 is 5.11 Å². The molecular formula is C25H36N6OS. The monoisotopic (exact) mass is 468 g/mol. The maximum Gasteiger partial charge on any atom is 0.139 e. The Morgan fingerprint density at radius 3 is 2.73 bits per heavy atom. The first-order valence-electron chi connectivity index (χ1n) is 12.7. The van der Waals surface area contributed by atoms with E-state index < -0.39 is 6.23 Å². The van der Waals surface area contributed by atoms with Crippen molar-refractivity contribution in [3.05, 3.63) is 35.1 Å². The van der Waals surface area contributed by atoms with Gasteiger partial charge in [0.2, 0.25) is 0 Å². The quantitative estimate of drug-likeness (QED) is 0.445. The van der Waals surface area contributed by atoms with Gasteiger partial charge >= 0.3 is 0 Å². The van der Waals surface area contributed by atoms with E-state index in [1.54, 1.807) is 11.3 Å². The Morgan fingerprint density at radius 2 is 1.97 bits per heavy atom. The van der Waals surface area contributed by atoms with E-state index in [2.05, 4.69) is 32.2 Å². The molecule has 2 saturated heterocycles. The predicted molar refractivity (Wildman–Crippen MR) is 134 cm³/mol. The first-order chi connectivity index (χ1) is 16.2. The van der Waals surface area contributed by atoms with Gasteiger partial charge in [-0.2, -0.15) is 0 Å². The van der Waals surface area contributed by atoms with Gasteiger partial charge in [-0.25, -0.2) is 4.98 Å². The third-order valence-electron chi connectivity index (χ3n) is 7.67. The summed E-state index contributed by atoms with van der Waals surface area (Å²) in [6.07, 6.45) is 6.81. The topological polar surface area (TPSA) is 84.5 Å². The third kappa shape index (κ3) is 4.91. The highest BCUT2D eigenvalue weighted by molar-refractivity contribution is 7.19. The van der Waals surface area contributed by atoms with Crippen LogP contribution in [0.3, 0.4) is 0 Å². The second kappa shape index (κ2) is 9.50. The number of nitrogens with one attached hydrogen (secondary N) is 4. The van der Waals surface area contributed by atoms with E-state index in [0.29, 0.717) is 12.0 Å². The van der Waals surface area contributed by atoms with Gasteiger partial charge in [-0.15, -0.1) is 11.3 Å². The zero-order valence-electron chi connectivity index (χ0n) is 19.2. The highest BCUT2D eigenvalue weighted by Crippen LogP contribution is 2.34. The average Bonchev–Trinajstić information content (AvgIpc) is 3.55. The van der Waals surface area contributed by atoms with Crippen LogP contribution in [0.15, 0.2) is 30.1 Å². The number of hydrogen-bond acceptors (Lipinski definition) is 8. The number of fused-ring (bicyclic) bond motifs is 1. The maximum atomic E-state index is 11.3. The molecule has 0 radical (unpaired) electrons. The zero-order chi connectivity index (χ0) is 22.2. The van der Waals surface area contributed by atoms with Gasteiger partial charge < -0.3 is 26.0 Å². The summed E-state index contributed by atoms with van der Waals surface area (Å²) in [6.45, 7) is 5.65. The third-order valence-corrected chi connectivity index (χ3v) is 8.74. The van der Waals surface area contributed by atoms with E-state index in [4.69, 9.17) is 4.98 Å². The summed E-state index contributed by atoms with van der Waals surface area (Å²) in [5, 5.41) is 26.7. The fourth-order valence-electron chi connectivity index (χ4n) is 5.56. The van der Waals surface area contributed by atoms with Gasteiger partial charge in [0.05, 0.1) is 22.0 Å². The number of thiazole rings is 1. The van der Waals surface area contributed by atoms with Crippen LogP contribution in [-0.4, -0.2) is 66.1 Å². The molecule has 4 aliphatic rings. The lowest BCUT2D eigenvalue weighted by atomic mass is 9.92. The largest absolute Gasteiger partial charge is 0.374 e. The van der Waals surface area contributed by atoms with Crippen LogP contribution in [0, 0.1) is 11.8 Å². The normalized spacial score (nSPS) is 29.9. The number of aliphatic hydroxyl groups excluding tert-OH is 1. The lowest BCUT2D eigenvalue weighted by Gasteiger charge is -2.42. The molecule has 3 atom stereocenters. The molecule has 3 aliphatic heterocycles. The molecule has 0 spiro atoms. The van der Waals surface area contributed by atoms with E-state index >= 15 is 0 Å². The highest BCUT2D eigenvalue weighted by Gasteiger charge is 2.36. The van der Waals surface area contributed by atoms with Crippen molar-refractivity contribution in [2.75, 3.05) is 32.7 Å². The lowest BCUT2D eigenvalue weighted by molar-refractivity contribution is 0.0975. The first-order valence-corrected chi connectivity index (χ1v) is 13.5. The van der Waals surface area contributed by atoms with Gasteiger partial charge in [0, 0.05) is 19.1 Å². The number of para-hydroxylation sites is 1. The fourth-order valence-corrected chi connectivity index (χ4v) is 6.60. The SMILES string of the molecule is OC1NC(C2CCN(CC3CC3)CC2)NC(N[C@@H]2CCCNC2)=C1c1nc2ccccc2s1. The summed E-state index contributed by atoms with van der Waals surface area (Å²) >= 11 is 1.65. The molecule has 2 unspecified atom stereocenters. The van der Waals surface area contributed by atoms with Crippen molar-refractivity contribution in [3.63, 3.8) is 0 Å². The summed E-state index contributed by atoms with van der Waals surface area (Å²) < 4.78 is 1.15. The van der Waals surface area contributed by atoms with E-state index in [1.165, 1.54) is 51.7 Å². The number of likely N-dealkylation sites (tertiary alicyclic amines) is 1. The molecule has 178 valence electrons. The van der Waals surface area contributed by atoms with Crippen LogP contribution in [0.5, 0.6) is 0 Å². The van der Waals surface area contributed by atoms with Crippen LogP contribution < -0.4 is 21.3 Å². The van der Waals surface area contributed by atoms with Gasteiger partial charge in [-0.3, -0.25) is 5.32 Å². The summed E-state index contributed by atoms with van der Waals surface area (Å²) in [5.41, 5.74) is 1.84. The van der Waals surface area contributed by atoms with Gasteiger partial charge in [-0.1, -0.05) is 12.1 Å². The number of aliphatic hydroxyl groups is 1. The van der Waals surface area contributed by atoms with Crippen molar-refractivity contribution in [1.29, 1.82) is 0 Å². The molecule has 1 aliphatic carbocycles. The summed E-state index contributed by atoms with van der Waals surface area (Å²) in [4.78, 5) is 7.51. The number of nitrogens with zero attached hydrogens (tertiary/aromatic N) is 2. The van der Waals surface area contributed by atoms with Crippen LogP contribution in [-0.2, 0) is 0 Å². The molecule has 8 heteroatoms. The molecule has 2 aromatic rings. The minimum absolute atomic E-state index is 0.0697. The van der Waals surface area contributed by atoms with E-state index in [9.17, 15) is 5.11 Å². The van der Waals surface area contributed by atoms with Gasteiger partial charge in [-0.05, 0) is 82.1 Å². The molecule has 0 amide bonds. The molecule has 0 bridgehead atoms. The number of aromatic nitrogens is 1. The molecule has 7 nitrogen and oxygen atoms in total. The Labute approximate surface area is 200 Å². The Bertz CT molecular complexity index is 957. The fraction of sp³-hybridized carbons (Fsp3) is 0.640. The van der Waals surface area contributed by atoms with Crippen molar-refractivity contribution in [2.24, 2.45) is 11.8 Å². The summed E-state index contributed by atoms with van der Waals surface area (Å²) in [5.74, 6) is 2.42. The lowest BCUT2D eigenvalue weighted by Crippen LogP contribution is -2.60. The molecule has 4 heterocycles. The molecule has 1 aromatic heterocycles. The van der Waals surface area contributed by atoms with Crippen molar-refractivity contribution in [1.82, 2.24) is 31.2 Å². The van der Waals surface area contributed by atoms with Crippen molar-refractivity contribution >= 4 is 27.1 Å². The van der Waals surface area contributed by atoms with Crippen molar-refractivity contribution in [3.8, 4) is 0 Å². The van der Waals surface area contributed by atoms with Crippen LogP contribution >= 0.6 is 11.3 Å². The van der Waals surface area contributed by atoms with E-state index in [1.807, 2.05) is 18.2 Å². The standard InChI is InChI=1S/C25H36N6OS/c32-24-21(25-28-19-5-1-2-6-20(19)33-25)23(27-18-4-3-11-26-14-18)29-22(30-24)17-9-12-31(13-10-17)15-16-7-8-16/h1-2,5-6,16-18,22,24,26-27,29-30,32H,3-4,7-15H2/t18-,22?,24?/m1/s1. The zero-order valence-corrected chi connectivity index (χ0v) is 20.0. The summed E-state index contributed by atoms with van der Waals surface area (Å²) in [7, 11) is 0. The van der Waals surface area contributed by atoms with Crippen LogP contribution in [0.1, 0.15) is 43.5 Å². The Kier molecular flexibility index (Phi) is 6.28. The Hall–Kier alpha value is -1.71. The minimum atomic E-state index is -0.736. The van der Waals surface area contributed by atoms with E-state index in [-0.39, 0.29) is 6.17 Å². The van der Waals surface area contributed by atoms with Gasteiger partial charge in [0.25, 0.3) is 0 Å². The van der Waals surface area contributed by atoms with Crippen LogP contribution in [0.2, 0.25) is 0 Å². The Balaban J connectivity index is 1.24. The average molecular weight is 469 g/mol. The molecule has 6 rings (SSSR count). The first kappa shape index (κ1) is 21.8. The van der Waals surface area contributed by atoms with Crippen molar-refractivity contribution in [2.45, 2.75) is 57.0 Å². The molecule has 33 heavy (non-hydrogen) atoms. The smallest absolute Gasteiger partial charge is 0.139 e.